The Balaban J connectivity index is 1.56. The molecule has 2 fully saturated rings. The van der Waals surface area contributed by atoms with E-state index in [1.54, 1.807) is 45.0 Å². The first-order valence-electron chi connectivity index (χ1n) is 15.3. The maximum atomic E-state index is 13.8. The third kappa shape index (κ3) is 8.30. The number of nitrogens with zero attached hydrogens (tertiary/aromatic N) is 1. The van der Waals surface area contributed by atoms with Crippen molar-refractivity contribution in [3.05, 3.63) is 41.5 Å². The number of anilines is 1. The second-order valence-electron chi connectivity index (χ2n) is 13.1. The lowest BCUT2D eigenvalue weighted by atomic mass is 10.0. The van der Waals surface area contributed by atoms with Gasteiger partial charge in [-0.1, -0.05) is 42.2 Å². The van der Waals surface area contributed by atoms with Crippen LogP contribution in [-0.4, -0.2) is 66.9 Å². The Hall–Kier alpha value is -3.61. The molecule has 1 aromatic rings. The van der Waals surface area contributed by atoms with Crippen LogP contribution in [0.25, 0.3) is 0 Å². The summed E-state index contributed by atoms with van der Waals surface area (Å²) >= 11 is 0. The number of ether oxygens (including phenoxy) is 1. The van der Waals surface area contributed by atoms with Crippen molar-refractivity contribution in [1.82, 2.24) is 20.3 Å². The molecular formula is C31H45N5O7S. The van der Waals surface area contributed by atoms with Crippen LogP contribution >= 0.6 is 0 Å². The molecule has 1 aliphatic carbocycles. The zero-order valence-electron chi connectivity index (χ0n) is 26.2. The first-order chi connectivity index (χ1) is 20.6. The number of rotatable bonds is 5. The molecule has 4 amide bonds. The van der Waals surface area contributed by atoms with Gasteiger partial charge in [0.2, 0.25) is 11.8 Å². The summed E-state index contributed by atoms with van der Waals surface area (Å²) in [5.41, 5.74) is -0.0960. The van der Waals surface area contributed by atoms with Crippen LogP contribution < -0.4 is 20.1 Å². The zero-order chi connectivity index (χ0) is 32.3. The summed E-state index contributed by atoms with van der Waals surface area (Å²) in [4.78, 5) is 55.2. The third-order valence-corrected chi connectivity index (χ3v) is 9.24. The molecule has 12 nitrogen and oxygen atoms in total. The minimum absolute atomic E-state index is 0.233. The van der Waals surface area contributed by atoms with Crippen molar-refractivity contribution in [2.75, 3.05) is 11.3 Å². The Kier molecular flexibility index (Phi) is 9.96. The lowest BCUT2D eigenvalue weighted by Crippen LogP contribution is -2.58. The van der Waals surface area contributed by atoms with Crippen molar-refractivity contribution in [3.8, 4) is 0 Å². The molecule has 0 spiro atoms. The summed E-state index contributed by atoms with van der Waals surface area (Å²) in [5.74, 6) is -2.14. The molecule has 4 atom stereocenters. The molecule has 1 saturated heterocycles. The Bertz CT molecular complexity index is 1400. The molecule has 13 heteroatoms. The maximum absolute atomic E-state index is 13.8. The molecule has 1 aromatic carbocycles. The van der Waals surface area contributed by atoms with Gasteiger partial charge in [0.05, 0.1) is 5.69 Å². The van der Waals surface area contributed by atoms with Crippen LogP contribution in [0.2, 0.25) is 0 Å². The van der Waals surface area contributed by atoms with E-state index in [0.29, 0.717) is 38.6 Å². The highest BCUT2D eigenvalue weighted by Crippen LogP contribution is 2.49. The number of carbonyl (C=O) groups excluding carboxylic acids is 4. The summed E-state index contributed by atoms with van der Waals surface area (Å²) in [7, 11) is -4.30. The number of carbonyl (C=O) groups is 4. The largest absolute Gasteiger partial charge is 0.444 e. The Morgan fingerprint density at radius 3 is 2.41 bits per heavy atom. The van der Waals surface area contributed by atoms with Crippen LogP contribution in [0.1, 0.15) is 84.6 Å². The van der Waals surface area contributed by atoms with Crippen molar-refractivity contribution < 1.29 is 32.3 Å². The van der Waals surface area contributed by atoms with Crippen molar-refractivity contribution in [3.63, 3.8) is 0 Å². The predicted molar refractivity (Wildman–Crippen MR) is 166 cm³/mol. The molecule has 1 saturated carbocycles. The minimum atomic E-state index is -4.30. The number of hydrogen-bond donors (Lipinski definition) is 4. The Morgan fingerprint density at radius 1 is 1.02 bits per heavy atom. The van der Waals surface area contributed by atoms with Crippen LogP contribution in [0, 0.1) is 12.8 Å². The van der Waals surface area contributed by atoms with Crippen LogP contribution in [0.15, 0.2) is 35.9 Å². The minimum Gasteiger partial charge on any atom is -0.444 e. The molecule has 0 aromatic heterocycles. The van der Waals surface area contributed by atoms with E-state index in [9.17, 15) is 27.6 Å². The molecule has 3 aliphatic rings. The summed E-state index contributed by atoms with van der Waals surface area (Å²) in [6.45, 7) is 9.29. The van der Waals surface area contributed by atoms with E-state index >= 15 is 0 Å². The summed E-state index contributed by atoms with van der Waals surface area (Å²) in [6.07, 6.45) is 5.93. The quantitative estimate of drug-likeness (QED) is 0.362. The highest BCUT2D eigenvalue weighted by Gasteiger charge is 2.63. The number of nitrogens with one attached hydrogen (secondary N) is 4. The summed E-state index contributed by atoms with van der Waals surface area (Å²) in [5, 5.41) is 5.56. The number of allylic oxidation sites excluding steroid dienone is 1. The van der Waals surface area contributed by atoms with E-state index in [0.717, 1.165) is 24.0 Å². The normalized spacial score (nSPS) is 27.7. The highest BCUT2D eigenvalue weighted by atomic mass is 32.2. The molecular weight excluding hydrogens is 586 g/mol. The lowest BCUT2D eigenvalue weighted by Gasteiger charge is -2.30. The molecule has 0 radical (unpaired) electrons. The number of hydrogen-bond acceptors (Lipinski definition) is 7. The van der Waals surface area contributed by atoms with E-state index < -0.39 is 57.3 Å². The number of benzene rings is 1. The summed E-state index contributed by atoms with van der Waals surface area (Å²) in [6, 6.07) is 4.93. The predicted octanol–water partition coefficient (Wildman–Crippen LogP) is 3.44. The zero-order valence-corrected chi connectivity index (χ0v) is 27.0. The Labute approximate surface area is 259 Å². The maximum Gasteiger partial charge on any atom is 0.408 e. The van der Waals surface area contributed by atoms with Gasteiger partial charge in [-0.15, -0.1) is 0 Å². The van der Waals surface area contributed by atoms with E-state index in [4.69, 9.17) is 4.74 Å². The molecule has 2 aliphatic heterocycles. The molecule has 242 valence electrons. The first kappa shape index (κ1) is 33.3. The van der Waals surface area contributed by atoms with E-state index in [1.165, 1.54) is 4.90 Å². The molecule has 2 heterocycles. The second-order valence-corrected chi connectivity index (χ2v) is 14.5. The van der Waals surface area contributed by atoms with Gasteiger partial charge >= 0.3 is 16.3 Å². The van der Waals surface area contributed by atoms with Crippen molar-refractivity contribution >= 4 is 39.7 Å². The van der Waals surface area contributed by atoms with Crippen LogP contribution in [0.3, 0.4) is 0 Å². The van der Waals surface area contributed by atoms with Gasteiger partial charge in [0.15, 0.2) is 0 Å². The van der Waals surface area contributed by atoms with Gasteiger partial charge in [0, 0.05) is 12.5 Å². The SMILES string of the molecule is C/C1=C/CCCCC[C@H](NC(=O)OC(C)(C)C)C(=O)N2CCC[C@H]2C(=O)N[C@]2(C(=O)NS(=O)(=O)Nc3ccc(C)cc3)C[C@@H]12. The smallest absolute Gasteiger partial charge is 0.408 e. The molecule has 0 bridgehead atoms. The van der Waals surface area contributed by atoms with Crippen molar-refractivity contribution in [2.24, 2.45) is 5.92 Å². The van der Waals surface area contributed by atoms with Gasteiger partial charge in [0.1, 0.15) is 23.2 Å². The van der Waals surface area contributed by atoms with Gasteiger partial charge in [-0.3, -0.25) is 19.1 Å². The summed E-state index contributed by atoms with van der Waals surface area (Å²) < 4.78 is 35.7. The van der Waals surface area contributed by atoms with Crippen molar-refractivity contribution in [2.45, 2.75) is 109 Å². The van der Waals surface area contributed by atoms with Gasteiger partial charge in [-0.2, -0.15) is 8.42 Å². The number of alkyl carbamates (subject to hydrolysis) is 1. The fourth-order valence-corrected chi connectivity index (χ4v) is 6.85. The van der Waals surface area contributed by atoms with Crippen LogP contribution in [0.5, 0.6) is 0 Å². The van der Waals surface area contributed by atoms with E-state index in [-0.39, 0.29) is 18.0 Å². The highest BCUT2D eigenvalue weighted by molar-refractivity contribution is 7.91. The topological polar surface area (TPSA) is 163 Å². The molecule has 44 heavy (non-hydrogen) atoms. The van der Waals surface area contributed by atoms with Crippen LogP contribution in [0.4, 0.5) is 10.5 Å². The number of fused-ring (bicyclic) bond motifs is 2. The fourth-order valence-electron chi connectivity index (χ4n) is 5.93. The standard InChI is InChI=1S/C31H45N5O7S/c1-20-14-16-22(17-15-20)34-44(41,42)35-28(39)31-19-23(31)21(2)11-8-6-7-9-12-24(32-29(40)43-30(3,4)5)27(38)36-18-10-13-25(36)26(37)33-31/h11,14-17,23-25,34H,6-10,12-13,18-19H2,1-5H3,(H,32,40)(H,33,37)(H,35,39)/b21-11-/t23-,24-,25-,31+/m0/s1. The van der Waals surface area contributed by atoms with E-state index in [2.05, 4.69) is 20.1 Å². The molecule has 0 unspecified atom stereocenters. The van der Waals surface area contributed by atoms with Gasteiger partial charge < -0.3 is 20.3 Å². The monoisotopic (exact) mass is 631 g/mol. The van der Waals surface area contributed by atoms with Crippen LogP contribution in [-0.2, 0) is 29.3 Å². The second kappa shape index (κ2) is 13.2. The lowest BCUT2D eigenvalue weighted by molar-refractivity contribution is -0.141. The van der Waals surface area contributed by atoms with E-state index in [1.807, 2.05) is 19.9 Å². The third-order valence-electron chi connectivity index (χ3n) is 8.28. The molecule has 4 N–H and O–H groups in total. The fraction of sp³-hybridized carbons (Fsp3) is 0.613. The molecule has 4 rings (SSSR count). The number of amides is 4. The van der Waals surface area contributed by atoms with Crippen molar-refractivity contribution in [1.29, 1.82) is 0 Å². The first-order valence-corrected chi connectivity index (χ1v) is 16.8. The van der Waals surface area contributed by atoms with Gasteiger partial charge in [-0.05, 0) is 85.3 Å². The Morgan fingerprint density at radius 2 is 1.73 bits per heavy atom. The average Bonchev–Trinajstić information content (AvgIpc) is 3.43. The van der Waals surface area contributed by atoms with Gasteiger partial charge in [-0.25, -0.2) is 9.52 Å². The number of aryl methyl sites for hydroxylation is 1. The average molecular weight is 632 g/mol. The van der Waals surface area contributed by atoms with Gasteiger partial charge in [0.25, 0.3) is 5.91 Å².